The number of methoxy groups -OCH3 is 1. The lowest BCUT2D eigenvalue weighted by Gasteiger charge is -2.26. The highest BCUT2D eigenvalue weighted by Crippen LogP contribution is 2.41. The van der Waals surface area contributed by atoms with Gasteiger partial charge in [0.1, 0.15) is 12.4 Å². The number of carbonyl (C=O) groups is 1. The summed E-state index contributed by atoms with van der Waals surface area (Å²) in [6, 6.07) is 14.1. The van der Waals surface area contributed by atoms with Crippen LogP contribution in [0.1, 0.15) is 29.2 Å². The fourth-order valence-electron chi connectivity index (χ4n) is 3.69. The van der Waals surface area contributed by atoms with Gasteiger partial charge in [0.25, 0.3) is 0 Å². The molecule has 0 unspecified atom stereocenters. The van der Waals surface area contributed by atoms with Gasteiger partial charge in [0, 0.05) is 47.8 Å². The standard InChI is InChI=1S/C21H22N2O3/c1-13-15-5-3-4-6-18(15)23-21(13)17-12-20(24)22-19-11-14(7-8-16(17)19)26-10-9-25-2/h3-8,11,17,23H,9-10,12H2,1-2H3,(H,22,24)/t17-/m0/s1. The van der Waals surface area contributed by atoms with Gasteiger partial charge in [-0.3, -0.25) is 4.79 Å². The van der Waals surface area contributed by atoms with Crippen LogP contribution in [0, 0.1) is 6.92 Å². The Kier molecular flexibility index (Phi) is 4.39. The lowest BCUT2D eigenvalue weighted by Crippen LogP contribution is -2.24. The van der Waals surface area contributed by atoms with Gasteiger partial charge in [0.2, 0.25) is 5.91 Å². The number of anilines is 1. The smallest absolute Gasteiger partial charge is 0.225 e. The van der Waals surface area contributed by atoms with E-state index in [4.69, 9.17) is 9.47 Å². The maximum absolute atomic E-state index is 12.3. The molecule has 0 bridgehead atoms. The van der Waals surface area contributed by atoms with E-state index in [1.165, 1.54) is 10.9 Å². The Balaban J connectivity index is 1.72. The van der Waals surface area contributed by atoms with Crippen LogP contribution >= 0.6 is 0 Å². The van der Waals surface area contributed by atoms with Gasteiger partial charge in [-0.25, -0.2) is 0 Å². The molecule has 2 N–H and O–H groups in total. The van der Waals surface area contributed by atoms with Crippen molar-refractivity contribution in [1.82, 2.24) is 4.98 Å². The fraction of sp³-hybridized carbons (Fsp3) is 0.286. The largest absolute Gasteiger partial charge is 0.491 e. The van der Waals surface area contributed by atoms with Crippen LogP contribution in [0.15, 0.2) is 42.5 Å². The fourth-order valence-corrected chi connectivity index (χ4v) is 3.69. The molecule has 3 aromatic rings. The molecule has 5 heteroatoms. The molecule has 0 spiro atoms. The highest BCUT2D eigenvalue weighted by Gasteiger charge is 2.29. The van der Waals surface area contributed by atoms with Gasteiger partial charge in [-0.2, -0.15) is 0 Å². The maximum Gasteiger partial charge on any atom is 0.225 e. The number of para-hydroxylation sites is 1. The summed E-state index contributed by atoms with van der Waals surface area (Å²) in [5.41, 5.74) is 5.34. The minimum absolute atomic E-state index is 0.0131. The highest BCUT2D eigenvalue weighted by atomic mass is 16.5. The first-order valence-corrected chi connectivity index (χ1v) is 8.80. The first kappa shape index (κ1) is 16.7. The van der Waals surface area contributed by atoms with Crippen molar-refractivity contribution < 1.29 is 14.3 Å². The number of H-pyrrole nitrogens is 1. The molecule has 26 heavy (non-hydrogen) atoms. The van der Waals surface area contributed by atoms with E-state index >= 15 is 0 Å². The normalized spacial score (nSPS) is 16.4. The first-order chi connectivity index (χ1) is 12.7. The van der Waals surface area contributed by atoms with Crippen LogP contribution < -0.4 is 10.1 Å². The zero-order valence-electron chi connectivity index (χ0n) is 15.0. The molecule has 0 saturated heterocycles. The number of aromatic nitrogens is 1. The Morgan fingerprint density at radius 2 is 2.00 bits per heavy atom. The van der Waals surface area contributed by atoms with Crippen LogP contribution in [0.4, 0.5) is 5.69 Å². The van der Waals surface area contributed by atoms with Gasteiger partial charge in [-0.05, 0) is 30.2 Å². The predicted molar refractivity (Wildman–Crippen MR) is 102 cm³/mol. The lowest BCUT2D eigenvalue weighted by atomic mass is 9.86. The SMILES string of the molecule is COCCOc1ccc2c(c1)NC(=O)C[C@@H]2c1[nH]c2ccccc2c1C. The van der Waals surface area contributed by atoms with E-state index in [1.54, 1.807) is 7.11 Å². The average molecular weight is 350 g/mol. The third-order valence-electron chi connectivity index (χ3n) is 4.97. The molecule has 134 valence electrons. The maximum atomic E-state index is 12.3. The summed E-state index contributed by atoms with van der Waals surface area (Å²) in [6.07, 6.45) is 0.435. The Bertz CT molecular complexity index is 961. The molecule has 0 radical (unpaired) electrons. The molecule has 2 aromatic carbocycles. The van der Waals surface area contributed by atoms with Crippen molar-refractivity contribution in [2.24, 2.45) is 0 Å². The molecule has 1 aliphatic rings. The minimum Gasteiger partial charge on any atom is -0.491 e. The van der Waals surface area contributed by atoms with Gasteiger partial charge in [-0.15, -0.1) is 0 Å². The topological polar surface area (TPSA) is 63.4 Å². The molecular formula is C21H22N2O3. The summed E-state index contributed by atoms with van der Waals surface area (Å²) in [5.74, 6) is 0.767. The van der Waals surface area contributed by atoms with E-state index < -0.39 is 0 Å². The van der Waals surface area contributed by atoms with Crippen molar-refractivity contribution in [3.05, 3.63) is 59.3 Å². The molecule has 4 rings (SSSR count). The van der Waals surface area contributed by atoms with E-state index in [9.17, 15) is 4.79 Å². The van der Waals surface area contributed by atoms with Crippen molar-refractivity contribution >= 4 is 22.5 Å². The zero-order valence-corrected chi connectivity index (χ0v) is 15.0. The third-order valence-corrected chi connectivity index (χ3v) is 4.97. The summed E-state index contributed by atoms with van der Waals surface area (Å²) in [6.45, 7) is 3.12. The van der Waals surface area contributed by atoms with Gasteiger partial charge >= 0.3 is 0 Å². The number of rotatable bonds is 5. The molecule has 1 amide bonds. The van der Waals surface area contributed by atoms with Crippen molar-refractivity contribution in [1.29, 1.82) is 0 Å². The number of carbonyl (C=O) groups excluding carboxylic acids is 1. The van der Waals surface area contributed by atoms with Gasteiger partial charge in [0.15, 0.2) is 0 Å². The average Bonchev–Trinajstić information content (AvgIpc) is 2.98. The van der Waals surface area contributed by atoms with Crippen molar-refractivity contribution in [3.63, 3.8) is 0 Å². The molecule has 0 saturated carbocycles. The molecule has 1 atom stereocenters. The summed E-state index contributed by atoms with van der Waals surface area (Å²) < 4.78 is 10.7. The second kappa shape index (κ2) is 6.84. The van der Waals surface area contributed by atoms with Gasteiger partial charge in [-0.1, -0.05) is 24.3 Å². The number of benzene rings is 2. The molecule has 2 heterocycles. The van der Waals surface area contributed by atoms with Crippen LogP contribution in [0.5, 0.6) is 5.75 Å². The third kappa shape index (κ3) is 2.95. The van der Waals surface area contributed by atoms with Gasteiger partial charge in [0.05, 0.1) is 6.61 Å². The summed E-state index contributed by atoms with van der Waals surface area (Å²) >= 11 is 0. The van der Waals surface area contributed by atoms with Gasteiger partial charge < -0.3 is 19.8 Å². The predicted octanol–water partition coefficient (Wildman–Crippen LogP) is 3.98. The number of hydrogen-bond acceptors (Lipinski definition) is 3. The van der Waals surface area contributed by atoms with E-state index in [1.807, 2.05) is 30.3 Å². The number of amides is 1. The van der Waals surface area contributed by atoms with Crippen molar-refractivity contribution in [3.8, 4) is 5.75 Å². The number of fused-ring (bicyclic) bond motifs is 2. The van der Waals surface area contributed by atoms with E-state index in [0.29, 0.717) is 19.6 Å². The number of aromatic amines is 1. The number of nitrogens with one attached hydrogen (secondary N) is 2. The van der Waals surface area contributed by atoms with Crippen LogP contribution in [-0.4, -0.2) is 31.2 Å². The highest BCUT2D eigenvalue weighted by molar-refractivity contribution is 5.96. The summed E-state index contributed by atoms with van der Waals surface area (Å²) in [4.78, 5) is 15.8. The Morgan fingerprint density at radius 1 is 1.15 bits per heavy atom. The quantitative estimate of drug-likeness (QED) is 0.684. The van der Waals surface area contributed by atoms with E-state index in [2.05, 4.69) is 29.4 Å². The van der Waals surface area contributed by atoms with E-state index in [-0.39, 0.29) is 11.8 Å². The van der Waals surface area contributed by atoms with Crippen LogP contribution in [0.2, 0.25) is 0 Å². The lowest BCUT2D eigenvalue weighted by molar-refractivity contribution is -0.116. The molecule has 0 fully saturated rings. The Hall–Kier alpha value is -2.79. The van der Waals surface area contributed by atoms with Crippen LogP contribution in [-0.2, 0) is 9.53 Å². The first-order valence-electron chi connectivity index (χ1n) is 8.80. The second-order valence-electron chi connectivity index (χ2n) is 6.60. The molecular weight excluding hydrogens is 328 g/mol. The number of ether oxygens (including phenoxy) is 2. The number of hydrogen-bond donors (Lipinski definition) is 2. The Morgan fingerprint density at radius 3 is 2.81 bits per heavy atom. The number of aryl methyl sites for hydroxylation is 1. The van der Waals surface area contributed by atoms with Crippen LogP contribution in [0.3, 0.4) is 0 Å². The summed E-state index contributed by atoms with van der Waals surface area (Å²) in [5, 5.41) is 4.18. The second-order valence-corrected chi connectivity index (χ2v) is 6.60. The van der Waals surface area contributed by atoms with E-state index in [0.717, 1.165) is 28.2 Å². The minimum atomic E-state index is 0.0131. The molecule has 1 aliphatic heterocycles. The Labute approximate surface area is 152 Å². The monoisotopic (exact) mass is 350 g/mol. The zero-order chi connectivity index (χ0) is 18.1. The van der Waals surface area contributed by atoms with Crippen molar-refractivity contribution in [2.75, 3.05) is 25.6 Å². The van der Waals surface area contributed by atoms with Crippen LogP contribution in [0.25, 0.3) is 10.9 Å². The molecule has 1 aromatic heterocycles. The van der Waals surface area contributed by atoms with Crippen molar-refractivity contribution in [2.45, 2.75) is 19.3 Å². The molecule has 0 aliphatic carbocycles. The summed E-state index contributed by atoms with van der Waals surface area (Å²) in [7, 11) is 1.64. The molecule has 5 nitrogen and oxygen atoms in total.